The molecule has 1 aromatic rings. The molecule has 0 unspecified atom stereocenters. The summed E-state index contributed by atoms with van der Waals surface area (Å²) in [6.45, 7) is 8.23. The Hall–Kier alpha value is -1.75. The van der Waals surface area contributed by atoms with Crippen molar-refractivity contribution in [1.29, 1.82) is 0 Å². The largest absolute Gasteiger partial charge is 0.489 e. The molecule has 25 heavy (non-hydrogen) atoms. The molecule has 1 heterocycles. The number of hydrogen-bond donors (Lipinski definition) is 0. The first kappa shape index (κ1) is 19.6. The number of piperazine rings is 1. The van der Waals surface area contributed by atoms with Crippen molar-refractivity contribution in [3.05, 3.63) is 28.8 Å². The van der Waals surface area contributed by atoms with Crippen LogP contribution in [0.15, 0.2) is 18.2 Å². The molecule has 0 spiro atoms. The van der Waals surface area contributed by atoms with Gasteiger partial charge in [0, 0.05) is 38.2 Å². The summed E-state index contributed by atoms with van der Waals surface area (Å²) in [4.78, 5) is 28.4. The Morgan fingerprint density at radius 3 is 2.36 bits per heavy atom. The van der Waals surface area contributed by atoms with Crippen molar-refractivity contribution in [2.24, 2.45) is 0 Å². The highest BCUT2D eigenvalue weighted by atomic mass is 35.5. The molecule has 5 nitrogen and oxygen atoms in total. The van der Waals surface area contributed by atoms with Crippen molar-refractivity contribution < 1.29 is 14.3 Å². The number of carbonyl (C=O) groups excluding carboxylic acids is 2. The van der Waals surface area contributed by atoms with Gasteiger partial charge in [-0.15, -0.1) is 0 Å². The molecule has 2 rings (SSSR count). The van der Waals surface area contributed by atoms with E-state index in [1.807, 2.05) is 18.7 Å². The quantitative estimate of drug-likeness (QED) is 0.772. The minimum Gasteiger partial charge on any atom is -0.489 e. The lowest BCUT2D eigenvalue weighted by Gasteiger charge is -2.35. The molecule has 1 aliphatic rings. The smallest absolute Gasteiger partial charge is 0.254 e. The number of hydrogen-bond acceptors (Lipinski definition) is 3. The van der Waals surface area contributed by atoms with Crippen LogP contribution in [0.5, 0.6) is 5.75 Å². The molecule has 0 bridgehead atoms. The summed E-state index contributed by atoms with van der Waals surface area (Å²) in [5.41, 5.74) is 0.548. The van der Waals surface area contributed by atoms with Crippen LogP contribution in [0.25, 0.3) is 0 Å². The van der Waals surface area contributed by atoms with Gasteiger partial charge in [-0.3, -0.25) is 9.59 Å². The van der Waals surface area contributed by atoms with Crippen molar-refractivity contribution >= 4 is 23.4 Å². The van der Waals surface area contributed by atoms with Gasteiger partial charge in [0.2, 0.25) is 5.91 Å². The Kier molecular flexibility index (Phi) is 7.12. The van der Waals surface area contributed by atoms with E-state index in [0.717, 1.165) is 12.8 Å². The van der Waals surface area contributed by atoms with Crippen molar-refractivity contribution in [1.82, 2.24) is 9.80 Å². The van der Waals surface area contributed by atoms with Crippen molar-refractivity contribution in [2.75, 3.05) is 26.2 Å². The number of ether oxygens (including phenoxy) is 1. The zero-order chi connectivity index (χ0) is 18.4. The van der Waals surface area contributed by atoms with Crippen LogP contribution in [0, 0.1) is 0 Å². The van der Waals surface area contributed by atoms with Crippen LogP contribution in [0.3, 0.4) is 0 Å². The van der Waals surface area contributed by atoms with E-state index in [1.54, 1.807) is 23.1 Å². The van der Waals surface area contributed by atoms with E-state index in [0.29, 0.717) is 48.9 Å². The summed E-state index contributed by atoms with van der Waals surface area (Å²) >= 11 is 6.22. The summed E-state index contributed by atoms with van der Waals surface area (Å²) in [6.07, 6.45) is 2.55. The second-order valence-electron chi connectivity index (χ2n) is 6.59. The summed E-state index contributed by atoms with van der Waals surface area (Å²) in [5.74, 6) is 0.713. The zero-order valence-electron chi connectivity index (χ0n) is 15.3. The highest BCUT2D eigenvalue weighted by molar-refractivity contribution is 6.32. The van der Waals surface area contributed by atoms with Gasteiger partial charge in [0.1, 0.15) is 5.75 Å². The average molecular weight is 367 g/mol. The second kappa shape index (κ2) is 9.09. The van der Waals surface area contributed by atoms with E-state index in [2.05, 4.69) is 6.92 Å². The molecule has 0 atom stereocenters. The molecule has 0 radical (unpaired) electrons. The van der Waals surface area contributed by atoms with Gasteiger partial charge < -0.3 is 14.5 Å². The molecule has 1 saturated heterocycles. The third-order valence-corrected chi connectivity index (χ3v) is 4.50. The third kappa shape index (κ3) is 5.36. The molecule has 0 saturated carbocycles. The van der Waals surface area contributed by atoms with Crippen LogP contribution in [0.4, 0.5) is 0 Å². The maximum absolute atomic E-state index is 12.7. The maximum atomic E-state index is 12.7. The topological polar surface area (TPSA) is 49.9 Å². The molecule has 1 fully saturated rings. The van der Waals surface area contributed by atoms with Crippen molar-refractivity contribution in [2.45, 2.75) is 46.1 Å². The van der Waals surface area contributed by atoms with Crippen LogP contribution in [-0.2, 0) is 4.79 Å². The van der Waals surface area contributed by atoms with Crippen molar-refractivity contribution in [3.63, 3.8) is 0 Å². The first-order valence-electron chi connectivity index (χ1n) is 8.95. The average Bonchev–Trinajstić information content (AvgIpc) is 2.60. The third-order valence-electron chi connectivity index (χ3n) is 4.21. The van der Waals surface area contributed by atoms with Crippen molar-refractivity contribution in [3.8, 4) is 5.75 Å². The van der Waals surface area contributed by atoms with E-state index in [-0.39, 0.29) is 17.9 Å². The normalized spacial score (nSPS) is 14.8. The highest BCUT2D eigenvalue weighted by Gasteiger charge is 2.25. The first-order chi connectivity index (χ1) is 11.9. The molecular weight excluding hydrogens is 340 g/mol. The Balaban J connectivity index is 1.94. The maximum Gasteiger partial charge on any atom is 0.254 e. The molecule has 2 amide bonds. The van der Waals surface area contributed by atoms with Crippen LogP contribution in [0.2, 0.25) is 5.02 Å². The number of halogens is 1. The monoisotopic (exact) mass is 366 g/mol. The minimum absolute atomic E-state index is 0.0253. The van der Waals surface area contributed by atoms with Crippen LogP contribution < -0.4 is 4.74 Å². The molecule has 1 aromatic carbocycles. The number of unbranched alkanes of at least 4 members (excludes halogenated alkanes) is 1. The number of amides is 2. The molecule has 6 heteroatoms. The lowest BCUT2D eigenvalue weighted by atomic mass is 10.1. The second-order valence-corrected chi connectivity index (χ2v) is 7.00. The van der Waals surface area contributed by atoms with Gasteiger partial charge in [-0.25, -0.2) is 0 Å². The summed E-state index contributed by atoms with van der Waals surface area (Å²) in [6, 6.07) is 5.13. The predicted octanol–water partition coefficient (Wildman–Crippen LogP) is 3.60. The molecule has 0 aromatic heterocycles. The fraction of sp³-hybridized carbons (Fsp3) is 0.579. The van der Waals surface area contributed by atoms with E-state index in [1.165, 1.54) is 0 Å². The summed E-state index contributed by atoms with van der Waals surface area (Å²) < 4.78 is 5.60. The number of nitrogens with zero attached hydrogens (tertiary/aromatic N) is 2. The number of benzene rings is 1. The fourth-order valence-corrected chi connectivity index (χ4v) is 3.04. The Morgan fingerprint density at radius 2 is 1.80 bits per heavy atom. The van der Waals surface area contributed by atoms with Gasteiger partial charge in [0.15, 0.2) is 0 Å². The van der Waals surface area contributed by atoms with Crippen LogP contribution in [-0.4, -0.2) is 53.9 Å². The van der Waals surface area contributed by atoms with E-state index in [4.69, 9.17) is 16.3 Å². The van der Waals surface area contributed by atoms with Gasteiger partial charge in [0.05, 0.1) is 11.1 Å². The van der Waals surface area contributed by atoms with Gasteiger partial charge >= 0.3 is 0 Å². The number of rotatable bonds is 6. The van der Waals surface area contributed by atoms with Gasteiger partial charge in [-0.05, 0) is 38.5 Å². The minimum atomic E-state index is -0.0568. The van der Waals surface area contributed by atoms with Gasteiger partial charge in [-0.1, -0.05) is 24.9 Å². The van der Waals surface area contributed by atoms with Gasteiger partial charge in [0.25, 0.3) is 5.91 Å². The Morgan fingerprint density at radius 1 is 1.16 bits per heavy atom. The van der Waals surface area contributed by atoms with E-state index in [9.17, 15) is 9.59 Å². The first-order valence-corrected chi connectivity index (χ1v) is 9.33. The molecule has 138 valence electrons. The lowest BCUT2D eigenvalue weighted by Crippen LogP contribution is -2.50. The van der Waals surface area contributed by atoms with E-state index >= 15 is 0 Å². The lowest BCUT2D eigenvalue weighted by molar-refractivity contribution is -0.132. The van der Waals surface area contributed by atoms with E-state index < -0.39 is 0 Å². The summed E-state index contributed by atoms with van der Waals surface area (Å²) in [5, 5.41) is 0.438. The highest BCUT2D eigenvalue weighted by Crippen LogP contribution is 2.27. The van der Waals surface area contributed by atoms with Gasteiger partial charge in [-0.2, -0.15) is 0 Å². The molecule has 0 aliphatic carbocycles. The van der Waals surface area contributed by atoms with Crippen LogP contribution >= 0.6 is 11.6 Å². The summed E-state index contributed by atoms with van der Waals surface area (Å²) in [7, 11) is 0. The number of carbonyl (C=O) groups is 2. The Labute approximate surface area is 154 Å². The Bertz CT molecular complexity index is 611. The molecular formula is C19H27ClN2O3. The standard InChI is InChI=1S/C19H27ClN2O3/c1-4-5-6-18(23)21-9-11-22(12-10-21)19(24)15-7-8-17(16(20)13-15)25-14(2)3/h7-8,13-14H,4-6,9-12H2,1-3H3. The fourth-order valence-electron chi connectivity index (χ4n) is 2.81. The predicted molar refractivity (Wildman–Crippen MR) is 99.2 cm³/mol. The zero-order valence-corrected chi connectivity index (χ0v) is 16.0. The molecule has 1 aliphatic heterocycles. The molecule has 0 N–H and O–H groups in total. The van der Waals surface area contributed by atoms with Crippen LogP contribution in [0.1, 0.15) is 50.4 Å². The SMILES string of the molecule is CCCCC(=O)N1CCN(C(=O)c2ccc(OC(C)C)c(Cl)c2)CC1.